The summed E-state index contributed by atoms with van der Waals surface area (Å²) in [5.74, 6) is 0.0743. The van der Waals surface area contributed by atoms with Gasteiger partial charge in [-0.15, -0.1) is 0 Å². The number of rotatable bonds is 3. The molecule has 3 rings (SSSR count). The lowest BCUT2D eigenvalue weighted by atomic mass is 10.1. The number of nitrogens with two attached hydrogens (primary N) is 1. The Morgan fingerprint density at radius 2 is 1.90 bits per heavy atom. The van der Waals surface area contributed by atoms with E-state index in [0.717, 1.165) is 16.8 Å². The summed E-state index contributed by atoms with van der Waals surface area (Å²) in [6.07, 6.45) is 3.64. The number of amides is 1. The second kappa shape index (κ2) is 5.97. The average Bonchev–Trinajstić information content (AvgIpc) is 2.97. The molecule has 2 aromatic rings. The number of morpholine rings is 1. The minimum Gasteiger partial charge on any atom is -0.399 e. The summed E-state index contributed by atoms with van der Waals surface area (Å²) in [5, 5.41) is 4.26. The van der Waals surface area contributed by atoms with Gasteiger partial charge in [-0.1, -0.05) is 12.1 Å². The molecule has 0 atom stereocenters. The van der Waals surface area contributed by atoms with Crippen LogP contribution in [0.1, 0.15) is 0 Å². The predicted molar refractivity (Wildman–Crippen MR) is 79.5 cm³/mol. The monoisotopic (exact) mass is 286 g/mol. The Morgan fingerprint density at radius 3 is 2.62 bits per heavy atom. The third-order valence-electron chi connectivity index (χ3n) is 3.54. The molecule has 0 unspecified atom stereocenters. The number of carbonyl (C=O) groups excluding carboxylic acids is 1. The van der Waals surface area contributed by atoms with Crippen LogP contribution in [0.4, 0.5) is 5.69 Å². The molecule has 0 saturated carbocycles. The predicted octanol–water partition coefficient (Wildman–Crippen LogP) is 0.991. The van der Waals surface area contributed by atoms with Crippen molar-refractivity contribution in [2.45, 2.75) is 6.54 Å². The number of anilines is 1. The SMILES string of the molecule is Nc1ccc(-c2cnn(CC(=O)N3CCOCC3)c2)cc1. The zero-order valence-corrected chi connectivity index (χ0v) is 11.7. The van der Waals surface area contributed by atoms with E-state index in [1.54, 1.807) is 10.9 Å². The van der Waals surface area contributed by atoms with Crippen molar-refractivity contribution in [1.82, 2.24) is 14.7 Å². The summed E-state index contributed by atoms with van der Waals surface area (Å²) in [6, 6.07) is 7.60. The van der Waals surface area contributed by atoms with Crippen LogP contribution < -0.4 is 5.73 Å². The molecule has 1 aromatic heterocycles. The molecule has 2 heterocycles. The molecule has 21 heavy (non-hydrogen) atoms. The Labute approximate surface area is 123 Å². The highest BCUT2D eigenvalue weighted by atomic mass is 16.5. The Morgan fingerprint density at radius 1 is 1.19 bits per heavy atom. The standard InChI is InChI=1S/C15H18N4O2/c16-14-3-1-12(2-4-14)13-9-17-19(10-13)11-15(20)18-5-7-21-8-6-18/h1-4,9-10H,5-8,11,16H2. The van der Waals surface area contributed by atoms with Crippen molar-refractivity contribution in [3.8, 4) is 11.1 Å². The van der Waals surface area contributed by atoms with E-state index in [0.29, 0.717) is 26.3 Å². The molecule has 1 aromatic carbocycles. The largest absolute Gasteiger partial charge is 0.399 e. The Hall–Kier alpha value is -2.34. The fourth-order valence-corrected chi connectivity index (χ4v) is 2.33. The van der Waals surface area contributed by atoms with E-state index >= 15 is 0 Å². The molecule has 0 bridgehead atoms. The number of nitrogen functional groups attached to an aromatic ring is 1. The van der Waals surface area contributed by atoms with Crippen molar-refractivity contribution in [2.75, 3.05) is 32.0 Å². The van der Waals surface area contributed by atoms with Gasteiger partial charge in [-0.3, -0.25) is 9.48 Å². The molecule has 6 heteroatoms. The van der Waals surface area contributed by atoms with Gasteiger partial charge in [-0.2, -0.15) is 5.10 Å². The lowest BCUT2D eigenvalue weighted by Crippen LogP contribution is -2.42. The Kier molecular flexibility index (Phi) is 3.87. The van der Waals surface area contributed by atoms with Crippen molar-refractivity contribution < 1.29 is 9.53 Å². The summed E-state index contributed by atoms with van der Waals surface area (Å²) in [4.78, 5) is 14.0. The molecule has 2 N–H and O–H groups in total. The summed E-state index contributed by atoms with van der Waals surface area (Å²) >= 11 is 0. The Balaban J connectivity index is 1.67. The summed E-state index contributed by atoms with van der Waals surface area (Å²) < 4.78 is 6.92. The first-order valence-electron chi connectivity index (χ1n) is 6.96. The summed E-state index contributed by atoms with van der Waals surface area (Å²) in [5.41, 5.74) is 8.42. The van der Waals surface area contributed by atoms with Crippen LogP contribution in [-0.4, -0.2) is 46.9 Å². The van der Waals surface area contributed by atoms with Crippen molar-refractivity contribution in [2.24, 2.45) is 0 Å². The molecule has 1 saturated heterocycles. The van der Waals surface area contributed by atoms with Gasteiger partial charge in [-0.05, 0) is 17.7 Å². The number of aromatic nitrogens is 2. The van der Waals surface area contributed by atoms with E-state index in [1.165, 1.54) is 0 Å². The van der Waals surface area contributed by atoms with Crippen LogP contribution in [0.15, 0.2) is 36.7 Å². The molecule has 1 aliphatic heterocycles. The second-order valence-corrected chi connectivity index (χ2v) is 5.04. The van der Waals surface area contributed by atoms with Gasteiger partial charge < -0.3 is 15.4 Å². The quantitative estimate of drug-likeness (QED) is 0.854. The third kappa shape index (κ3) is 3.22. The minimum atomic E-state index is 0.0743. The molecular formula is C15H18N4O2. The molecule has 1 amide bonds. The van der Waals surface area contributed by atoms with Gasteiger partial charge in [0.05, 0.1) is 19.4 Å². The number of benzene rings is 1. The highest BCUT2D eigenvalue weighted by molar-refractivity contribution is 5.76. The highest BCUT2D eigenvalue weighted by Gasteiger charge is 2.17. The van der Waals surface area contributed by atoms with Crippen molar-refractivity contribution >= 4 is 11.6 Å². The lowest BCUT2D eigenvalue weighted by Gasteiger charge is -2.26. The van der Waals surface area contributed by atoms with Gasteiger partial charge in [0.25, 0.3) is 0 Å². The maximum Gasteiger partial charge on any atom is 0.244 e. The number of nitrogens with zero attached hydrogens (tertiary/aromatic N) is 3. The van der Waals surface area contributed by atoms with Gasteiger partial charge in [0, 0.05) is 30.5 Å². The molecule has 1 fully saturated rings. The molecule has 0 spiro atoms. The zero-order valence-electron chi connectivity index (χ0n) is 11.7. The topological polar surface area (TPSA) is 73.4 Å². The van der Waals surface area contributed by atoms with E-state index in [2.05, 4.69) is 5.10 Å². The van der Waals surface area contributed by atoms with Crippen molar-refractivity contribution in [1.29, 1.82) is 0 Å². The number of carbonyl (C=O) groups is 1. The molecular weight excluding hydrogens is 268 g/mol. The van der Waals surface area contributed by atoms with Crippen molar-refractivity contribution in [3.63, 3.8) is 0 Å². The summed E-state index contributed by atoms with van der Waals surface area (Å²) in [7, 11) is 0. The van der Waals surface area contributed by atoms with Crippen LogP contribution in [0, 0.1) is 0 Å². The van der Waals surface area contributed by atoms with E-state index < -0.39 is 0 Å². The van der Waals surface area contributed by atoms with E-state index in [9.17, 15) is 4.79 Å². The fraction of sp³-hybridized carbons (Fsp3) is 0.333. The average molecular weight is 286 g/mol. The maximum absolute atomic E-state index is 12.2. The molecule has 0 radical (unpaired) electrons. The second-order valence-electron chi connectivity index (χ2n) is 5.04. The van der Waals surface area contributed by atoms with Crippen LogP contribution in [-0.2, 0) is 16.1 Å². The third-order valence-corrected chi connectivity index (χ3v) is 3.54. The van der Waals surface area contributed by atoms with Crippen LogP contribution >= 0.6 is 0 Å². The molecule has 110 valence electrons. The molecule has 1 aliphatic rings. The van der Waals surface area contributed by atoms with Crippen LogP contribution in [0.5, 0.6) is 0 Å². The lowest BCUT2D eigenvalue weighted by molar-refractivity contribution is -0.136. The number of hydrogen-bond donors (Lipinski definition) is 1. The van der Waals surface area contributed by atoms with E-state index in [1.807, 2.05) is 35.4 Å². The first-order valence-corrected chi connectivity index (χ1v) is 6.96. The zero-order chi connectivity index (χ0) is 14.7. The highest BCUT2D eigenvalue weighted by Crippen LogP contribution is 2.19. The van der Waals surface area contributed by atoms with Gasteiger partial charge in [0.1, 0.15) is 6.54 Å². The first-order chi connectivity index (χ1) is 10.2. The van der Waals surface area contributed by atoms with Gasteiger partial charge in [0.2, 0.25) is 5.91 Å². The molecule has 0 aliphatic carbocycles. The van der Waals surface area contributed by atoms with Gasteiger partial charge in [0.15, 0.2) is 0 Å². The number of hydrogen-bond acceptors (Lipinski definition) is 4. The fourth-order valence-electron chi connectivity index (χ4n) is 2.33. The van der Waals surface area contributed by atoms with E-state index in [-0.39, 0.29) is 12.5 Å². The van der Waals surface area contributed by atoms with E-state index in [4.69, 9.17) is 10.5 Å². The van der Waals surface area contributed by atoms with Gasteiger partial charge >= 0.3 is 0 Å². The minimum absolute atomic E-state index is 0.0743. The van der Waals surface area contributed by atoms with Crippen molar-refractivity contribution in [3.05, 3.63) is 36.7 Å². The Bertz CT molecular complexity index is 615. The van der Waals surface area contributed by atoms with Gasteiger partial charge in [-0.25, -0.2) is 0 Å². The van der Waals surface area contributed by atoms with Crippen LogP contribution in [0.2, 0.25) is 0 Å². The number of ether oxygens (including phenoxy) is 1. The smallest absolute Gasteiger partial charge is 0.244 e. The van der Waals surface area contributed by atoms with Crippen LogP contribution in [0.25, 0.3) is 11.1 Å². The molecule has 6 nitrogen and oxygen atoms in total. The summed E-state index contributed by atoms with van der Waals surface area (Å²) in [6.45, 7) is 2.80. The maximum atomic E-state index is 12.2. The first kappa shape index (κ1) is 13.6. The van der Waals surface area contributed by atoms with Crippen LogP contribution in [0.3, 0.4) is 0 Å². The normalized spacial score (nSPS) is 15.1.